The number of piperazine rings is 1. The van der Waals surface area contributed by atoms with Crippen LogP contribution >= 0.6 is 0 Å². The molecule has 1 heterocycles. The van der Waals surface area contributed by atoms with E-state index in [9.17, 15) is 13.2 Å². The monoisotopic (exact) mass is 311 g/mol. The van der Waals surface area contributed by atoms with Crippen LogP contribution < -0.4 is 5.32 Å². The fourth-order valence-electron chi connectivity index (χ4n) is 2.31. The van der Waals surface area contributed by atoms with Crippen LogP contribution in [-0.2, 0) is 16.6 Å². The molecule has 0 aromatic heterocycles. The molecule has 1 N–H and O–H groups in total. The first kappa shape index (κ1) is 15.8. The molecule has 21 heavy (non-hydrogen) atoms. The van der Waals surface area contributed by atoms with Crippen molar-refractivity contribution >= 4 is 16.1 Å². The lowest BCUT2D eigenvalue weighted by molar-refractivity contribution is 0.172. The molecule has 2 amide bonds. The van der Waals surface area contributed by atoms with Gasteiger partial charge in [0.15, 0.2) is 0 Å². The van der Waals surface area contributed by atoms with Gasteiger partial charge in [-0.2, -0.15) is 4.31 Å². The van der Waals surface area contributed by atoms with Crippen molar-refractivity contribution in [3.05, 3.63) is 35.4 Å². The molecule has 6 nitrogen and oxygen atoms in total. The van der Waals surface area contributed by atoms with Crippen LogP contribution in [0.2, 0.25) is 0 Å². The van der Waals surface area contributed by atoms with Crippen LogP contribution in [0.15, 0.2) is 24.3 Å². The lowest BCUT2D eigenvalue weighted by Gasteiger charge is -2.33. The number of aryl methyl sites for hydroxylation is 1. The van der Waals surface area contributed by atoms with Crippen molar-refractivity contribution in [3.63, 3.8) is 0 Å². The zero-order chi connectivity index (χ0) is 15.5. The summed E-state index contributed by atoms with van der Waals surface area (Å²) in [6.07, 6.45) is 1.20. The van der Waals surface area contributed by atoms with Crippen LogP contribution in [0.5, 0.6) is 0 Å². The maximum atomic E-state index is 12.1. The molecule has 0 radical (unpaired) electrons. The normalized spacial score (nSPS) is 16.8. The molecule has 0 bridgehead atoms. The highest BCUT2D eigenvalue weighted by Crippen LogP contribution is 2.08. The number of nitrogens with one attached hydrogen (secondary N) is 1. The molecule has 0 spiro atoms. The van der Waals surface area contributed by atoms with Crippen LogP contribution in [0, 0.1) is 6.92 Å². The quantitative estimate of drug-likeness (QED) is 0.897. The number of urea groups is 1. The number of nitrogens with zero attached hydrogens (tertiary/aromatic N) is 2. The van der Waals surface area contributed by atoms with Gasteiger partial charge in [0.05, 0.1) is 6.26 Å². The summed E-state index contributed by atoms with van der Waals surface area (Å²) in [5.41, 5.74) is 2.22. The summed E-state index contributed by atoms with van der Waals surface area (Å²) in [5, 5.41) is 2.88. The smallest absolute Gasteiger partial charge is 0.317 e. The Balaban J connectivity index is 1.84. The molecule has 2 rings (SSSR count). The van der Waals surface area contributed by atoms with Crippen LogP contribution in [0.25, 0.3) is 0 Å². The van der Waals surface area contributed by atoms with Crippen molar-refractivity contribution < 1.29 is 13.2 Å². The number of hydrogen-bond donors (Lipinski definition) is 1. The Labute approximate surface area is 125 Å². The third kappa shape index (κ3) is 4.18. The summed E-state index contributed by atoms with van der Waals surface area (Å²) in [4.78, 5) is 13.7. The van der Waals surface area contributed by atoms with E-state index in [-0.39, 0.29) is 6.03 Å². The van der Waals surface area contributed by atoms with E-state index in [4.69, 9.17) is 0 Å². The molecule has 1 saturated heterocycles. The second-order valence-electron chi connectivity index (χ2n) is 5.23. The van der Waals surface area contributed by atoms with Crippen molar-refractivity contribution in [1.82, 2.24) is 14.5 Å². The molecule has 0 aliphatic carbocycles. The lowest BCUT2D eigenvalue weighted by atomic mass is 10.1. The molecule has 0 unspecified atom stereocenters. The molecule has 116 valence electrons. The van der Waals surface area contributed by atoms with E-state index in [0.717, 1.165) is 11.1 Å². The predicted molar refractivity (Wildman–Crippen MR) is 81.4 cm³/mol. The second-order valence-corrected chi connectivity index (χ2v) is 7.22. The van der Waals surface area contributed by atoms with Crippen LogP contribution in [0.4, 0.5) is 4.79 Å². The Bertz CT molecular complexity index is 608. The van der Waals surface area contributed by atoms with E-state index >= 15 is 0 Å². The predicted octanol–water partition coefficient (Wildman–Crippen LogP) is 0.782. The highest BCUT2D eigenvalue weighted by Gasteiger charge is 2.25. The fraction of sp³-hybridized carbons (Fsp3) is 0.500. The van der Waals surface area contributed by atoms with Gasteiger partial charge in [0, 0.05) is 32.7 Å². The van der Waals surface area contributed by atoms with Crippen molar-refractivity contribution in [2.24, 2.45) is 0 Å². The van der Waals surface area contributed by atoms with Crippen molar-refractivity contribution in [3.8, 4) is 0 Å². The first-order valence-corrected chi connectivity index (χ1v) is 8.75. The van der Waals surface area contributed by atoms with Crippen LogP contribution in [0.3, 0.4) is 0 Å². The minimum absolute atomic E-state index is 0.147. The average molecular weight is 311 g/mol. The first-order chi connectivity index (χ1) is 9.88. The van der Waals surface area contributed by atoms with Gasteiger partial charge in [0.2, 0.25) is 10.0 Å². The summed E-state index contributed by atoms with van der Waals surface area (Å²) in [6, 6.07) is 7.75. The van der Waals surface area contributed by atoms with Gasteiger partial charge >= 0.3 is 6.03 Å². The molecule has 7 heteroatoms. The van der Waals surface area contributed by atoms with Gasteiger partial charge in [-0.15, -0.1) is 0 Å². The molecule has 1 aromatic rings. The maximum Gasteiger partial charge on any atom is 0.317 e. The van der Waals surface area contributed by atoms with Gasteiger partial charge in [-0.05, 0) is 18.1 Å². The molecule has 1 fully saturated rings. The number of amides is 2. The average Bonchev–Trinajstić information content (AvgIpc) is 2.45. The van der Waals surface area contributed by atoms with Gasteiger partial charge in [0.1, 0.15) is 0 Å². The number of hydrogen-bond acceptors (Lipinski definition) is 3. The molecular formula is C14H21N3O3S. The number of rotatable bonds is 3. The zero-order valence-corrected chi connectivity index (χ0v) is 13.2. The van der Waals surface area contributed by atoms with Gasteiger partial charge in [0.25, 0.3) is 0 Å². The largest absolute Gasteiger partial charge is 0.334 e. The highest BCUT2D eigenvalue weighted by atomic mass is 32.2. The summed E-state index contributed by atoms with van der Waals surface area (Å²) >= 11 is 0. The number of carbonyl (C=O) groups excluding carboxylic acids is 1. The summed E-state index contributed by atoms with van der Waals surface area (Å²) in [6.45, 7) is 4.05. The Morgan fingerprint density at radius 2 is 1.81 bits per heavy atom. The summed E-state index contributed by atoms with van der Waals surface area (Å²) < 4.78 is 24.2. The maximum absolute atomic E-state index is 12.1. The summed E-state index contributed by atoms with van der Waals surface area (Å²) in [7, 11) is -3.16. The van der Waals surface area contributed by atoms with Gasteiger partial charge in [-0.25, -0.2) is 13.2 Å². The molecule has 1 aliphatic heterocycles. The number of sulfonamides is 1. The third-order valence-electron chi connectivity index (χ3n) is 3.69. The van der Waals surface area contributed by atoms with E-state index in [1.165, 1.54) is 10.6 Å². The minimum atomic E-state index is -3.16. The Morgan fingerprint density at radius 3 is 2.38 bits per heavy atom. The molecule has 0 atom stereocenters. The molecule has 1 aliphatic rings. The highest BCUT2D eigenvalue weighted by molar-refractivity contribution is 7.88. The SMILES string of the molecule is Cc1ccccc1CNC(=O)N1CCN(S(C)(=O)=O)CC1. The van der Waals surface area contributed by atoms with Gasteiger partial charge in [-0.3, -0.25) is 0 Å². The van der Waals surface area contributed by atoms with E-state index in [0.29, 0.717) is 32.7 Å². The Morgan fingerprint density at radius 1 is 1.19 bits per heavy atom. The van der Waals surface area contributed by atoms with Gasteiger partial charge < -0.3 is 10.2 Å². The molecule has 0 saturated carbocycles. The number of carbonyl (C=O) groups is 1. The lowest BCUT2D eigenvalue weighted by Crippen LogP contribution is -2.52. The van der Waals surface area contributed by atoms with Crippen molar-refractivity contribution in [2.75, 3.05) is 32.4 Å². The second kappa shape index (κ2) is 6.44. The van der Waals surface area contributed by atoms with E-state index in [1.807, 2.05) is 31.2 Å². The Kier molecular flexibility index (Phi) is 4.84. The first-order valence-electron chi connectivity index (χ1n) is 6.90. The minimum Gasteiger partial charge on any atom is -0.334 e. The molecule has 1 aromatic carbocycles. The number of benzene rings is 1. The molecular weight excluding hydrogens is 290 g/mol. The van der Waals surface area contributed by atoms with Crippen LogP contribution in [-0.4, -0.2) is 56.1 Å². The van der Waals surface area contributed by atoms with Crippen molar-refractivity contribution in [2.45, 2.75) is 13.5 Å². The standard InChI is InChI=1S/C14H21N3O3S/c1-12-5-3-4-6-13(12)11-15-14(18)16-7-9-17(10-8-16)21(2,19)20/h3-6H,7-11H2,1-2H3,(H,15,18). The summed E-state index contributed by atoms with van der Waals surface area (Å²) in [5.74, 6) is 0. The van der Waals surface area contributed by atoms with E-state index in [2.05, 4.69) is 5.32 Å². The van der Waals surface area contributed by atoms with E-state index in [1.54, 1.807) is 4.90 Å². The topological polar surface area (TPSA) is 69.7 Å². The third-order valence-corrected chi connectivity index (χ3v) is 4.99. The van der Waals surface area contributed by atoms with Crippen LogP contribution in [0.1, 0.15) is 11.1 Å². The fourth-order valence-corrected chi connectivity index (χ4v) is 3.14. The Hall–Kier alpha value is -1.60. The van der Waals surface area contributed by atoms with Crippen molar-refractivity contribution in [1.29, 1.82) is 0 Å². The zero-order valence-electron chi connectivity index (χ0n) is 12.4. The van der Waals surface area contributed by atoms with E-state index < -0.39 is 10.0 Å². The van der Waals surface area contributed by atoms with Gasteiger partial charge in [-0.1, -0.05) is 24.3 Å².